The molecule has 0 saturated heterocycles. The Hall–Kier alpha value is -2.98. The lowest BCUT2D eigenvalue weighted by Crippen LogP contribution is -2.26. The van der Waals surface area contributed by atoms with Gasteiger partial charge in [-0.15, -0.1) is 4.40 Å². The molecular weight excluding hydrogens is 388 g/mol. The number of amides is 1. The topological polar surface area (TPSA) is 114 Å². The molecule has 0 aliphatic carbocycles. The normalized spacial score (nSPS) is 12.1. The summed E-state index contributed by atoms with van der Waals surface area (Å²) in [5.74, 6) is -0.315. The Morgan fingerprint density at radius 1 is 1.19 bits per heavy atom. The van der Waals surface area contributed by atoms with Crippen LogP contribution in [0.5, 0.6) is 5.75 Å². The monoisotopic (exact) mass is 404 g/mol. The lowest BCUT2D eigenvalue weighted by Gasteiger charge is -2.05. The zero-order valence-electron chi connectivity index (χ0n) is 14.2. The molecule has 27 heavy (non-hydrogen) atoms. The average molecular weight is 404 g/mol. The first-order valence-electron chi connectivity index (χ1n) is 7.81. The number of sulfonamides is 1. The highest BCUT2D eigenvalue weighted by Crippen LogP contribution is 2.14. The molecule has 2 N–H and O–H groups in total. The highest BCUT2D eigenvalue weighted by Gasteiger charge is 2.14. The Labute approximate surface area is 159 Å². The van der Waals surface area contributed by atoms with Gasteiger partial charge in [-0.05, 0) is 43.3 Å². The van der Waals surface area contributed by atoms with Gasteiger partial charge in [-0.1, -0.05) is 29.0 Å². The minimum absolute atomic E-state index is 0.0709. The number of phenols is 1. The number of nitrogens with one attached hydrogen (secondary N) is 1. The quantitative estimate of drug-likeness (QED) is 0.631. The summed E-state index contributed by atoms with van der Waals surface area (Å²) in [6, 6.07) is 12.3. The molecule has 8 nitrogen and oxygen atoms in total. The van der Waals surface area contributed by atoms with E-state index in [1.54, 1.807) is 24.3 Å². The van der Waals surface area contributed by atoms with Crippen molar-refractivity contribution in [3.05, 3.63) is 64.4 Å². The van der Waals surface area contributed by atoms with E-state index in [4.69, 9.17) is 0 Å². The maximum atomic E-state index is 12.4. The Morgan fingerprint density at radius 3 is 2.52 bits per heavy atom. The van der Waals surface area contributed by atoms with E-state index >= 15 is 0 Å². The third-order valence-electron chi connectivity index (χ3n) is 3.53. The molecule has 0 aliphatic heterocycles. The summed E-state index contributed by atoms with van der Waals surface area (Å²) in [5, 5.41) is 15.9. The zero-order valence-corrected chi connectivity index (χ0v) is 15.9. The third-order valence-corrected chi connectivity index (χ3v) is 5.64. The lowest BCUT2D eigenvalue weighted by atomic mass is 10.2. The minimum atomic E-state index is -3.91. The van der Waals surface area contributed by atoms with E-state index in [9.17, 15) is 18.3 Å². The van der Waals surface area contributed by atoms with Crippen LogP contribution in [0.4, 0.5) is 5.69 Å². The fraction of sp³-hybridized carbons (Fsp3) is 0.118. The molecule has 0 fully saturated rings. The molecule has 0 unspecified atom stereocenters. The Bertz CT molecular complexity index is 1110. The number of aromatic hydroxyl groups is 1. The highest BCUT2D eigenvalue weighted by atomic mass is 32.2. The predicted octanol–water partition coefficient (Wildman–Crippen LogP) is 1.89. The number of hydrogen-bond donors (Lipinski definition) is 2. The smallest absolute Gasteiger partial charge is 0.285 e. The molecule has 1 aromatic heterocycles. The average Bonchev–Trinajstić information content (AvgIpc) is 3.03. The second-order valence-corrected chi connectivity index (χ2v) is 8.07. The van der Waals surface area contributed by atoms with Crippen molar-refractivity contribution in [2.75, 3.05) is 5.32 Å². The fourth-order valence-corrected chi connectivity index (χ4v) is 4.00. The zero-order chi connectivity index (χ0) is 19.4. The second-order valence-electron chi connectivity index (χ2n) is 5.65. The van der Waals surface area contributed by atoms with Crippen molar-refractivity contribution in [1.29, 1.82) is 0 Å². The Morgan fingerprint density at radius 2 is 1.85 bits per heavy atom. The number of nitrogens with zero attached hydrogens (tertiary/aromatic N) is 3. The van der Waals surface area contributed by atoms with Gasteiger partial charge in [0.1, 0.15) is 17.8 Å². The van der Waals surface area contributed by atoms with Crippen LogP contribution in [0.3, 0.4) is 0 Å². The molecule has 140 valence electrons. The molecule has 0 saturated carbocycles. The van der Waals surface area contributed by atoms with Crippen molar-refractivity contribution >= 4 is 33.0 Å². The van der Waals surface area contributed by atoms with Crippen LogP contribution in [0.1, 0.15) is 5.56 Å². The van der Waals surface area contributed by atoms with Gasteiger partial charge in [0.25, 0.3) is 10.0 Å². The predicted molar refractivity (Wildman–Crippen MR) is 101 cm³/mol. The maximum Gasteiger partial charge on any atom is 0.285 e. The Kier molecular flexibility index (Phi) is 5.38. The first-order valence-corrected chi connectivity index (χ1v) is 10.1. The van der Waals surface area contributed by atoms with Gasteiger partial charge >= 0.3 is 0 Å². The number of aromatic nitrogens is 2. The summed E-state index contributed by atoms with van der Waals surface area (Å²) in [5.41, 5.74) is 2.85. The molecule has 0 bridgehead atoms. The van der Waals surface area contributed by atoms with Crippen molar-refractivity contribution in [1.82, 2.24) is 9.78 Å². The molecule has 3 aromatic rings. The largest absolute Gasteiger partial charge is 0.508 e. The number of aryl methyl sites for hydroxylation is 1. The summed E-state index contributed by atoms with van der Waals surface area (Å²) < 4.78 is 29.9. The summed E-state index contributed by atoms with van der Waals surface area (Å²) in [6.07, 6.45) is 0. The Balaban J connectivity index is 1.80. The molecule has 0 radical (unpaired) electrons. The molecule has 0 atom stereocenters. The van der Waals surface area contributed by atoms with Crippen LogP contribution < -0.4 is 10.1 Å². The number of carbonyl (C=O) groups excluding carboxylic acids is 1. The van der Waals surface area contributed by atoms with E-state index in [1.165, 1.54) is 34.5 Å². The summed E-state index contributed by atoms with van der Waals surface area (Å²) >= 11 is 1.02. The molecule has 2 aromatic carbocycles. The second kappa shape index (κ2) is 7.72. The van der Waals surface area contributed by atoms with Crippen LogP contribution in [0.2, 0.25) is 0 Å². The van der Waals surface area contributed by atoms with Crippen molar-refractivity contribution in [3.63, 3.8) is 0 Å². The van der Waals surface area contributed by atoms with Gasteiger partial charge in [0.2, 0.25) is 10.7 Å². The van der Waals surface area contributed by atoms with Crippen molar-refractivity contribution in [2.24, 2.45) is 4.40 Å². The SMILES string of the molecule is Cc1ccc(S(=O)(=O)N=c2scnn2CC(=O)Nc2ccc(O)cc2)cc1. The lowest BCUT2D eigenvalue weighted by molar-refractivity contribution is -0.117. The number of rotatable bonds is 5. The van der Waals surface area contributed by atoms with Gasteiger partial charge in [-0.25, -0.2) is 4.68 Å². The van der Waals surface area contributed by atoms with Crippen molar-refractivity contribution < 1.29 is 18.3 Å². The standard InChI is InChI=1S/C17H16N4O4S2/c1-12-2-8-15(9-3-12)27(24,25)20-17-21(18-11-26-17)10-16(23)19-13-4-6-14(22)7-5-13/h2-9,11,22H,10H2,1H3,(H,19,23). The van der Waals surface area contributed by atoms with Crippen LogP contribution in [0.25, 0.3) is 0 Å². The molecule has 3 rings (SSSR count). The van der Waals surface area contributed by atoms with Crippen molar-refractivity contribution in [2.45, 2.75) is 18.4 Å². The van der Waals surface area contributed by atoms with E-state index in [0.717, 1.165) is 16.9 Å². The van der Waals surface area contributed by atoms with Gasteiger partial charge in [0.15, 0.2) is 0 Å². The summed E-state index contributed by atoms with van der Waals surface area (Å²) in [6.45, 7) is 1.66. The maximum absolute atomic E-state index is 12.4. The van der Waals surface area contributed by atoms with E-state index < -0.39 is 15.9 Å². The minimum Gasteiger partial charge on any atom is -0.508 e. The third kappa shape index (κ3) is 4.80. The number of anilines is 1. The molecular formula is C17H16N4O4S2. The highest BCUT2D eigenvalue weighted by molar-refractivity contribution is 7.90. The number of hydrogen-bond acceptors (Lipinski definition) is 6. The van der Waals surface area contributed by atoms with E-state index in [2.05, 4.69) is 14.8 Å². The van der Waals surface area contributed by atoms with Gasteiger partial charge in [-0.3, -0.25) is 4.79 Å². The van der Waals surface area contributed by atoms with Crippen LogP contribution in [0, 0.1) is 6.92 Å². The van der Waals surface area contributed by atoms with Gasteiger partial charge < -0.3 is 10.4 Å². The van der Waals surface area contributed by atoms with Crippen LogP contribution in [0.15, 0.2) is 63.3 Å². The molecule has 0 spiro atoms. The van der Waals surface area contributed by atoms with Crippen LogP contribution >= 0.6 is 11.3 Å². The molecule has 1 heterocycles. The van der Waals surface area contributed by atoms with Crippen LogP contribution in [-0.2, 0) is 21.4 Å². The van der Waals surface area contributed by atoms with Crippen molar-refractivity contribution in [3.8, 4) is 5.75 Å². The van der Waals surface area contributed by atoms with E-state index in [0.29, 0.717) is 5.69 Å². The fourth-order valence-electron chi connectivity index (χ4n) is 2.16. The number of carbonyl (C=O) groups is 1. The first-order chi connectivity index (χ1) is 12.8. The van der Waals surface area contributed by atoms with E-state index in [-0.39, 0.29) is 22.0 Å². The summed E-state index contributed by atoms with van der Waals surface area (Å²) in [7, 11) is -3.91. The number of phenolic OH excluding ortho intramolecular Hbond substituents is 1. The number of benzene rings is 2. The first kappa shape index (κ1) is 18.8. The van der Waals surface area contributed by atoms with Gasteiger partial charge in [0.05, 0.1) is 4.90 Å². The van der Waals surface area contributed by atoms with Gasteiger partial charge in [0, 0.05) is 5.69 Å². The molecule has 10 heteroatoms. The molecule has 0 aliphatic rings. The van der Waals surface area contributed by atoms with Gasteiger partial charge in [-0.2, -0.15) is 13.5 Å². The van der Waals surface area contributed by atoms with E-state index in [1.807, 2.05) is 6.92 Å². The summed E-state index contributed by atoms with van der Waals surface area (Å²) in [4.78, 5) is 12.3. The van der Waals surface area contributed by atoms with Crippen LogP contribution in [-0.4, -0.2) is 29.2 Å². The molecule has 1 amide bonds.